The van der Waals surface area contributed by atoms with Crippen molar-refractivity contribution >= 4 is 5.97 Å². The van der Waals surface area contributed by atoms with Crippen molar-refractivity contribution in [3.05, 3.63) is 23.8 Å². The van der Waals surface area contributed by atoms with Crippen molar-refractivity contribution in [3.63, 3.8) is 0 Å². The second-order valence-corrected chi connectivity index (χ2v) is 5.67. The molecule has 0 heterocycles. The summed E-state index contributed by atoms with van der Waals surface area (Å²) in [6.07, 6.45) is 0. The van der Waals surface area contributed by atoms with E-state index >= 15 is 0 Å². The van der Waals surface area contributed by atoms with Gasteiger partial charge >= 0.3 is 5.97 Å². The zero-order valence-electron chi connectivity index (χ0n) is 13.5. The number of methoxy groups -OCH3 is 1. The standard InChI is InChI=1S/C16H25NO4/c1-6-20-15(18)11-21-14-9-13(19-5)8-7-12(14)10-17-16(2,3)4/h7-9,17H,6,10-11H2,1-5H3. The number of benzene rings is 1. The first kappa shape index (κ1) is 17.3. The number of esters is 1. The summed E-state index contributed by atoms with van der Waals surface area (Å²) in [5.74, 6) is 0.933. The van der Waals surface area contributed by atoms with Crippen molar-refractivity contribution in [2.24, 2.45) is 0 Å². The second-order valence-electron chi connectivity index (χ2n) is 5.67. The molecule has 5 nitrogen and oxygen atoms in total. The summed E-state index contributed by atoms with van der Waals surface area (Å²) >= 11 is 0. The fourth-order valence-electron chi connectivity index (χ4n) is 1.64. The molecular formula is C16H25NO4. The maximum absolute atomic E-state index is 11.4. The molecule has 1 N–H and O–H groups in total. The number of hydrogen-bond acceptors (Lipinski definition) is 5. The van der Waals surface area contributed by atoms with Crippen molar-refractivity contribution in [3.8, 4) is 11.5 Å². The van der Waals surface area contributed by atoms with E-state index in [0.29, 0.717) is 24.7 Å². The van der Waals surface area contributed by atoms with Crippen LogP contribution in [0.4, 0.5) is 0 Å². The van der Waals surface area contributed by atoms with Gasteiger partial charge in [0, 0.05) is 23.7 Å². The van der Waals surface area contributed by atoms with Crippen molar-refractivity contribution in [2.45, 2.75) is 39.8 Å². The van der Waals surface area contributed by atoms with Crippen LogP contribution in [-0.2, 0) is 16.1 Å². The molecule has 0 spiro atoms. The van der Waals surface area contributed by atoms with E-state index < -0.39 is 0 Å². The van der Waals surface area contributed by atoms with Gasteiger partial charge in [-0.3, -0.25) is 0 Å². The van der Waals surface area contributed by atoms with Crippen LogP contribution < -0.4 is 14.8 Å². The SMILES string of the molecule is CCOC(=O)COc1cc(OC)ccc1CNC(C)(C)C. The summed E-state index contributed by atoms with van der Waals surface area (Å²) in [5.41, 5.74) is 0.966. The summed E-state index contributed by atoms with van der Waals surface area (Å²) in [6, 6.07) is 5.58. The van der Waals surface area contributed by atoms with Crippen molar-refractivity contribution in [1.82, 2.24) is 5.32 Å². The van der Waals surface area contributed by atoms with Crippen molar-refractivity contribution in [1.29, 1.82) is 0 Å². The molecule has 0 saturated heterocycles. The van der Waals surface area contributed by atoms with Crippen LogP contribution in [0.5, 0.6) is 11.5 Å². The van der Waals surface area contributed by atoms with Crippen LogP contribution in [0, 0.1) is 0 Å². The third-order valence-electron chi connectivity index (χ3n) is 2.73. The molecule has 0 aliphatic carbocycles. The number of hydrogen-bond donors (Lipinski definition) is 1. The summed E-state index contributed by atoms with van der Waals surface area (Å²) in [4.78, 5) is 11.4. The molecular weight excluding hydrogens is 270 g/mol. The molecule has 0 atom stereocenters. The minimum atomic E-state index is -0.380. The third-order valence-corrected chi connectivity index (χ3v) is 2.73. The van der Waals surface area contributed by atoms with Crippen molar-refractivity contribution < 1.29 is 19.0 Å². The van der Waals surface area contributed by atoms with Crippen LogP contribution >= 0.6 is 0 Å². The van der Waals surface area contributed by atoms with E-state index in [2.05, 4.69) is 26.1 Å². The summed E-state index contributed by atoms with van der Waals surface area (Å²) in [6.45, 7) is 8.93. The molecule has 0 fully saturated rings. The van der Waals surface area contributed by atoms with Crippen LogP contribution in [0.2, 0.25) is 0 Å². The van der Waals surface area contributed by atoms with Gasteiger partial charge in [-0.15, -0.1) is 0 Å². The second kappa shape index (κ2) is 7.88. The van der Waals surface area contributed by atoms with Gasteiger partial charge in [0.05, 0.1) is 13.7 Å². The maximum atomic E-state index is 11.4. The highest BCUT2D eigenvalue weighted by molar-refractivity contribution is 5.71. The highest BCUT2D eigenvalue weighted by atomic mass is 16.6. The Labute approximate surface area is 126 Å². The predicted molar refractivity (Wildman–Crippen MR) is 81.7 cm³/mol. The minimum Gasteiger partial charge on any atom is -0.497 e. The van der Waals surface area contributed by atoms with Gasteiger partial charge in [-0.05, 0) is 33.8 Å². The molecule has 0 radical (unpaired) electrons. The average molecular weight is 295 g/mol. The van der Waals surface area contributed by atoms with Crippen LogP contribution in [0.1, 0.15) is 33.3 Å². The van der Waals surface area contributed by atoms with E-state index in [9.17, 15) is 4.79 Å². The van der Waals surface area contributed by atoms with Crippen molar-refractivity contribution in [2.75, 3.05) is 20.3 Å². The molecule has 1 aromatic carbocycles. The van der Waals surface area contributed by atoms with E-state index in [1.807, 2.05) is 12.1 Å². The molecule has 0 aromatic heterocycles. The molecule has 0 aliphatic rings. The van der Waals surface area contributed by atoms with Gasteiger partial charge in [0.25, 0.3) is 0 Å². The first-order valence-corrected chi connectivity index (χ1v) is 7.06. The topological polar surface area (TPSA) is 56.8 Å². The Balaban J connectivity index is 2.79. The Hall–Kier alpha value is -1.75. The van der Waals surface area contributed by atoms with E-state index in [0.717, 1.165) is 5.56 Å². The van der Waals surface area contributed by atoms with Crippen LogP contribution in [0.25, 0.3) is 0 Å². The maximum Gasteiger partial charge on any atom is 0.344 e. The van der Waals surface area contributed by atoms with Crippen LogP contribution in [0.15, 0.2) is 18.2 Å². The highest BCUT2D eigenvalue weighted by Gasteiger charge is 2.13. The highest BCUT2D eigenvalue weighted by Crippen LogP contribution is 2.25. The van der Waals surface area contributed by atoms with E-state index in [-0.39, 0.29) is 18.1 Å². The number of rotatable bonds is 7. The van der Waals surface area contributed by atoms with Gasteiger partial charge in [-0.1, -0.05) is 6.07 Å². The van der Waals surface area contributed by atoms with Gasteiger partial charge in [-0.2, -0.15) is 0 Å². The summed E-state index contributed by atoms with van der Waals surface area (Å²) < 4.78 is 15.6. The molecule has 5 heteroatoms. The average Bonchev–Trinajstić information content (AvgIpc) is 2.42. The lowest BCUT2D eigenvalue weighted by Gasteiger charge is -2.22. The van der Waals surface area contributed by atoms with E-state index in [4.69, 9.17) is 14.2 Å². The molecule has 0 unspecified atom stereocenters. The van der Waals surface area contributed by atoms with Crippen LogP contribution in [-0.4, -0.2) is 31.8 Å². The van der Waals surface area contributed by atoms with Crippen LogP contribution in [0.3, 0.4) is 0 Å². The lowest BCUT2D eigenvalue weighted by atomic mass is 10.1. The van der Waals surface area contributed by atoms with Gasteiger partial charge in [0.2, 0.25) is 0 Å². The Bertz CT molecular complexity index is 466. The molecule has 0 aliphatic heterocycles. The fraction of sp³-hybridized carbons (Fsp3) is 0.562. The Morgan fingerprint density at radius 2 is 2.00 bits per heavy atom. The quantitative estimate of drug-likeness (QED) is 0.783. The van der Waals surface area contributed by atoms with E-state index in [1.165, 1.54) is 0 Å². The Morgan fingerprint density at radius 3 is 2.57 bits per heavy atom. The molecule has 0 saturated carbocycles. The lowest BCUT2D eigenvalue weighted by Crippen LogP contribution is -2.35. The van der Waals surface area contributed by atoms with Gasteiger partial charge in [-0.25, -0.2) is 4.79 Å². The third kappa shape index (κ3) is 6.49. The fourth-order valence-corrected chi connectivity index (χ4v) is 1.64. The molecule has 1 rings (SSSR count). The Kier molecular flexibility index (Phi) is 6.49. The molecule has 21 heavy (non-hydrogen) atoms. The zero-order valence-corrected chi connectivity index (χ0v) is 13.5. The first-order chi connectivity index (χ1) is 9.85. The number of carbonyl (C=O) groups is 1. The summed E-state index contributed by atoms with van der Waals surface area (Å²) in [7, 11) is 1.59. The monoisotopic (exact) mass is 295 g/mol. The molecule has 1 aromatic rings. The Morgan fingerprint density at radius 1 is 1.29 bits per heavy atom. The summed E-state index contributed by atoms with van der Waals surface area (Å²) in [5, 5.41) is 3.39. The van der Waals surface area contributed by atoms with Gasteiger partial charge < -0.3 is 19.5 Å². The number of carbonyl (C=O) groups excluding carboxylic acids is 1. The lowest BCUT2D eigenvalue weighted by molar-refractivity contribution is -0.145. The van der Waals surface area contributed by atoms with Gasteiger partial charge in [0.15, 0.2) is 6.61 Å². The van der Waals surface area contributed by atoms with E-state index in [1.54, 1.807) is 20.1 Å². The van der Waals surface area contributed by atoms with Gasteiger partial charge in [0.1, 0.15) is 11.5 Å². The largest absolute Gasteiger partial charge is 0.497 e. The normalized spacial score (nSPS) is 11.1. The smallest absolute Gasteiger partial charge is 0.344 e. The minimum absolute atomic E-state index is 0.00165. The first-order valence-electron chi connectivity index (χ1n) is 7.06. The molecule has 118 valence electrons. The zero-order chi connectivity index (χ0) is 15.9. The number of nitrogens with one attached hydrogen (secondary N) is 1. The molecule has 0 amide bonds. The number of ether oxygens (including phenoxy) is 3. The predicted octanol–water partition coefficient (Wildman–Crippen LogP) is 2.53. The molecule has 0 bridgehead atoms.